The van der Waals surface area contributed by atoms with Gasteiger partial charge in [-0.3, -0.25) is 10.1 Å². The Kier molecular flexibility index (Phi) is 4.25. The number of nitro groups is 1. The number of nitrogen functional groups attached to an aromatic ring is 1. The summed E-state index contributed by atoms with van der Waals surface area (Å²) in [4.78, 5) is 9.74. The number of anilines is 1. The van der Waals surface area contributed by atoms with Crippen molar-refractivity contribution in [2.45, 2.75) is 18.2 Å². The van der Waals surface area contributed by atoms with Crippen LogP contribution in [0.3, 0.4) is 0 Å². The van der Waals surface area contributed by atoms with E-state index in [-0.39, 0.29) is 17.1 Å². The molecule has 0 aliphatic carbocycles. The minimum absolute atomic E-state index is 0.170. The summed E-state index contributed by atoms with van der Waals surface area (Å²) >= 11 is 0. The van der Waals surface area contributed by atoms with Gasteiger partial charge in [-0.05, 0) is 18.6 Å². The van der Waals surface area contributed by atoms with Gasteiger partial charge in [-0.25, -0.2) is 12.7 Å². The van der Waals surface area contributed by atoms with Crippen LogP contribution in [-0.4, -0.2) is 31.2 Å². The molecule has 1 aromatic carbocycles. The Morgan fingerprint density at radius 3 is 2.56 bits per heavy atom. The first-order chi connectivity index (χ1) is 8.30. The number of sulfonamides is 1. The molecule has 0 heterocycles. The molecule has 0 unspecified atom stereocenters. The van der Waals surface area contributed by atoms with Crippen LogP contribution in [0, 0.1) is 10.1 Å². The average molecular weight is 273 g/mol. The van der Waals surface area contributed by atoms with Crippen molar-refractivity contribution < 1.29 is 13.3 Å². The van der Waals surface area contributed by atoms with Crippen LogP contribution in [0.4, 0.5) is 11.4 Å². The number of hydrogen-bond donors (Lipinski definition) is 1. The van der Waals surface area contributed by atoms with E-state index in [0.717, 1.165) is 16.4 Å². The number of rotatable bonds is 5. The first-order valence-electron chi connectivity index (χ1n) is 5.31. The molecule has 18 heavy (non-hydrogen) atoms. The summed E-state index contributed by atoms with van der Waals surface area (Å²) in [6, 6.07) is 3.51. The van der Waals surface area contributed by atoms with Crippen molar-refractivity contribution in [3.63, 3.8) is 0 Å². The molecule has 1 aromatic rings. The van der Waals surface area contributed by atoms with Crippen LogP contribution >= 0.6 is 0 Å². The highest BCUT2D eigenvalue weighted by Crippen LogP contribution is 2.28. The van der Waals surface area contributed by atoms with Crippen LogP contribution in [0.2, 0.25) is 0 Å². The Balaban J connectivity index is 3.39. The highest BCUT2D eigenvalue weighted by molar-refractivity contribution is 7.89. The van der Waals surface area contributed by atoms with Gasteiger partial charge in [-0.1, -0.05) is 6.92 Å². The lowest BCUT2D eigenvalue weighted by Gasteiger charge is -2.16. The van der Waals surface area contributed by atoms with Crippen LogP contribution in [-0.2, 0) is 10.0 Å². The smallest absolute Gasteiger partial charge is 0.289 e. The van der Waals surface area contributed by atoms with Crippen molar-refractivity contribution in [1.29, 1.82) is 0 Å². The lowest BCUT2D eigenvalue weighted by Crippen LogP contribution is -2.28. The van der Waals surface area contributed by atoms with Crippen molar-refractivity contribution in [3.8, 4) is 0 Å². The zero-order valence-electron chi connectivity index (χ0n) is 10.2. The summed E-state index contributed by atoms with van der Waals surface area (Å²) in [6.07, 6.45) is 0.617. The monoisotopic (exact) mass is 273 g/mol. The number of nitro benzene ring substituents is 1. The number of benzene rings is 1. The van der Waals surface area contributed by atoms with Gasteiger partial charge in [-0.2, -0.15) is 0 Å². The topological polar surface area (TPSA) is 107 Å². The van der Waals surface area contributed by atoms with Gasteiger partial charge in [0.1, 0.15) is 0 Å². The third-order valence-corrected chi connectivity index (χ3v) is 4.29. The van der Waals surface area contributed by atoms with Crippen LogP contribution in [0.5, 0.6) is 0 Å². The summed E-state index contributed by atoms with van der Waals surface area (Å²) in [5, 5.41) is 10.8. The van der Waals surface area contributed by atoms with Crippen molar-refractivity contribution in [3.05, 3.63) is 28.3 Å². The van der Waals surface area contributed by atoms with E-state index >= 15 is 0 Å². The summed E-state index contributed by atoms with van der Waals surface area (Å²) in [6.45, 7) is 2.11. The van der Waals surface area contributed by atoms with E-state index in [1.165, 1.54) is 13.1 Å². The van der Waals surface area contributed by atoms with Crippen molar-refractivity contribution in [1.82, 2.24) is 4.31 Å². The van der Waals surface area contributed by atoms with Gasteiger partial charge in [0.15, 0.2) is 4.90 Å². The van der Waals surface area contributed by atoms with Crippen molar-refractivity contribution in [2.75, 3.05) is 19.3 Å². The van der Waals surface area contributed by atoms with Crippen LogP contribution < -0.4 is 5.73 Å². The van der Waals surface area contributed by atoms with Gasteiger partial charge in [0.2, 0.25) is 10.0 Å². The maximum absolute atomic E-state index is 12.2. The van der Waals surface area contributed by atoms with Crippen molar-refractivity contribution in [2.24, 2.45) is 0 Å². The SMILES string of the molecule is CCCN(C)S(=O)(=O)c1cc(N)ccc1[N+](=O)[O-]. The van der Waals surface area contributed by atoms with Crippen LogP contribution in [0.15, 0.2) is 23.1 Å². The molecule has 0 atom stereocenters. The van der Waals surface area contributed by atoms with Crippen LogP contribution in [0.1, 0.15) is 13.3 Å². The Hall–Kier alpha value is -1.67. The predicted molar refractivity (Wildman–Crippen MR) is 67.6 cm³/mol. The van der Waals surface area contributed by atoms with E-state index < -0.39 is 20.6 Å². The molecule has 0 spiro atoms. The molecule has 0 bridgehead atoms. The molecule has 2 N–H and O–H groups in total. The summed E-state index contributed by atoms with van der Waals surface area (Å²) in [7, 11) is -2.51. The second-order valence-corrected chi connectivity index (χ2v) is 5.82. The van der Waals surface area contributed by atoms with Crippen LogP contribution in [0.25, 0.3) is 0 Å². The van der Waals surface area contributed by atoms with Gasteiger partial charge in [-0.15, -0.1) is 0 Å². The Morgan fingerprint density at radius 2 is 2.06 bits per heavy atom. The van der Waals surface area contributed by atoms with E-state index in [4.69, 9.17) is 5.73 Å². The third-order valence-electron chi connectivity index (χ3n) is 2.41. The molecule has 0 amide bonds. The normalized spacial score (nSPS) is 11.7. The molecule has 0 saturated heterocycles. The molecule has 0 fully saturated rings. The molecule has 0 aliphatic rings. The van der Waals surface area contributed by atoms with E-state index in [9.17, 15) is 18.5 Å². The fourth-order valence-electron chi connectivity index (χ4n) is 1.49. The van der Waals surface area contributed by atoms with E-state index in [2.05, 4.69) is 0 Å². The van der Waals surface area contributed by atoms with Gasteiger partial charge in [0, 0.05) is 25.3 Å². The highest BCUT2D eigenvalue weighted by Gasteiger charge is 2.29. The standard InChI is InChI=1S/C10H15N3O4S/c1-3-6-12(2)18(16,17)10-7-8(11)4-5-9(10)13(14)15/h4-5,7H,3,6,11H2,1-2H3. The molecule has 8 heteroatoms. The summed E-state index contributed by atoms with van der Waals surface area (Å²) < 4.78 is 25.4. The molecule has 0 radical (unpaired) electrons. The largest absolute Gasteiger partial charge is 0.399 e. The summed E-state index contributed by atoms with van der Waals surface area (Å²) in [5.74, 6) is 0. The van der Waals surface area contributed by atoms with Gasteiger partial charge in [0.25, 0.3) is 5.69 Å². The lowest BCUT2D eigenvalue weighted by molar-refractivity contribution is -0.387. The quantitative estimate of drug-likeness (QED) is 0.493. The lowest BCUT2D eigenvalue weighted by atomic mass is 10.3. The molecule has 1 rings (SSSR count). The molecule has 7 nitrogen and oxygen atoms in total. The molecular weight excluding hydrogens is 258 g/mol. The van der Waals surface area contributed by atoms with E-state index in [1.54, 1.807) is 0 Å². The Labute approximate surface area is 105 Å². The number of nitrogens with two attached hydrogens (primary N) is 1. The van der Waals surface area contributed by atoms with E-state index in [1.807, 2.05) is 6.92 Å². The first-order valence-corrected chi connectivity index (χ1v) is 6.75. The summed E-state index contributed by atoms with van der Waals surface area (Å²) in [5.41, 5.74) is 5.20. The van der Waals surface area contributed by atoms with Crippen molar-refractivity contribution >= 4 is 21.4 Å². The maximum atomic E-state index is 12.2. The molecule has 0 saturated carbocycles. The minimum Gasteiger partial charge on any atom is -0.399 e. The predicted octanol–water partition coefficient (Wildman–Crippen LogP) is 1.21. The Morgan fingerprint density at radius 1 is 1.44 bits per heavy atom. The minimum atomic E-state index is -3.89. The third kappa shape index (κ3) is 2.77. The van der Waals surface area contributed by atoms with Gasteiger partial charge >= 0.3 is 0 Å². The van der Waals surface area contributed by atoms with E-state index in [0.29, 0.717) is 6.42 Å². The second-order valence-electron chi connectivity index (χ2n) is 3.81. The fourth-order valence-corrected chi connectivity index (χ4v) is 2.94. The highest BCUT2D eigenvalue weighted by atomic mass is 32.2. The maximum Gasteiger partial charge on any atom is 0.289 e. The van der Waals surface area contributed by atoms with Gasteiger partial charge < -0.3 is 5.73 Å². The molecule has 0 aliphatic heterocycles. The zero-order valence-corrected chi connectivity index (χ0v) is 11.0. The van der Waals surface area contributed by atoms with Gasteiger partial charge in [0.05, 0.1) is 4.92 Å². The molecule has 100 valence electrons. The zero-order chi connectivity index (χ0) is 13.9. The fraction of sp³-hybridized carbons (Fsp3) is 0.400. The first kappa shape index (κ1) is 14.4. The number of nitrogens with zero attached hydrogens (tertiary/aromatic N) is 2. The molecule has 0 aromatic heterocycles. The Bertz CT molecular complexity index is 556. The molecular formula is C10H15N3O4S. The average Bonchev–Trinajstić information content (AvgIpc) is 2.28. The second kappa shape index (κ2) is 5.32. The number of hydrogen-bond acceptors (Lipinski definition) is 5.